The largest absolute Gasteiger partial charge is 0.382 e. The Kier molecular flexibility index (Phi) is 29.2. The summed E-state index contributed by atoms with van der Waals surface area (Å²) in [4.78, 5) is 143. The normalized spacial score (nSPS) is 20.7. The summed E-state index contributed by atoms with van der Waals surface area (Å²) in [6, 6.07) is 0.990. The van der Waals surface area contributed by atoms with Crippen LogP contribution in [0.1, 0.15) is 161 Å². The van der Waals surface area contributed by atoms with Gasteiger partial charge in [0.05, 0.1) is 104 Å². The number of fused-ring (bicyclic) bond motifs is 2. The molecule has 3 unspecified atom stereocenters. The Morgan fingerprint density at radius 3 is 1.96 bits per heavy atom. The quantitative estimate of drug-likeness (QED) is 0.0197. The molecular weight excluding hydrogens is 1240 g/mol. The number of aromatic nitrogens is 2. The number of ketones is 1. The number of nitrogens with one attached hydrogen (secondary N) is 8. The van der Waals surface area contributed by atoms with Crippen molar-refractivity contribution in [3.8, 4) is 0 Å². The number of piperidine rings is 1. The third-order valence-corrected chi connectivity index (χ3v) is 18.4. The van der Waals surface area contributed by atoms with E-state index in [1.165, 1.54) is 17.3 Å². The van der Waals surface area contributed by atoms with Crippen molar-refractivity contribution in [1.29, 1.82) is 0 Å². The van der Waals surface area contributed by atoms with Crippen LogP contribution in [0, 0.1) is 23.2 Å². The van der Waals surface area contributed by atoms with Crippen molar-refractivity contribution in [2.45, 2.75) is 173 Å². The number of aliphatic hydroxyl groups is 1. The zero-order valence-corrected chi connectivity index (χ0v) is 56.1. The number of nitrogens with zero attached hydrogens (tertiary/aromatic N) is 4. The van der Waals surface area contributed by atoms with E-state index in [4.69, 9.17) is 28.4 Å². The number of hydrogen-bond donors (Lipinski definition) is 9. The molecule has 2 saturated heterocycles. The lowest BCUT2D eigenvalue weighted by molar-refractivity contribution is -0.145. The highest BCUT2D eigenvalue weighted by atomic mass is 16.6. The van der Waals surface area contributed by atoms with Gasteiger partial charge in [-0.2, -0.15) is 0 Å². The van der Waals surface area contributed by atoms with Crippen LogP contribution in [0.2, 0.25) is 0 Å². The van der Waals surface area contributed by atoms with Gasteiger partial charge >= 0.3 is 0 Å². The van der Waals surface area contributed by atoms with Gasteiger partial charge in [0.1, 0.15) is 35.7 Å². The lowest BCUT2D eigenvalue weighted by Crippen LogP contribution is -2.63. The zero-order valence-electron chi connectivity index (χ0n) is 56.1. The number of aliphatic hydroxyl groups excluding tert-OH is 1. The van der Waals surface area contributed by atoms with Gasteiger partial charge in [0.25, 0.3) is 23.6 Å². The van der Waals surface area contributed by atoms with Gasteiger partial charge in [0.2, 0.25) is 35.3 Å². The first-order chi connectivity index (χ1) is 46.3. The van der Waals surface area contributed by atoms with E-state index in [-0.39, 0.29) is 118 Å². The Bertz CT molecular complexity index is 2960. The summed E-state index contributed by atoms with van der Waals surface area (Å²) in [6.07, 6.45) is 10.9. The van der Waals surface area contributed by atoms with Crippen LogP contribution in [0.25, 0.3) is 0 Å². The molecule has 3 aliphatic heterocycles. The second-order valence-corrected chi connectivity index (χ2v) is 26.5. The molecule has 6 aliphatic rings. The lowest BCUT2D eigenvalue weighted by atomic mass is 9.82. The van der Waals surface area contributed by atoms with Gasteiger partial charge in [0, 0.05) is 68.4 Å². The first-order valence-corrected chi connectivity index (χ1v) is 34.4. The van der Waals surface area contributed by atoms with Gasteiger partial charge in [-0.3, -0.25) is 58.6 Å². The topological polar surface area (TPSA) is 375 Å². The van der Waals surface area contributed by atoms with Gasteiger partial charge < -0.3 is 75.2 Å². The number of amides is 9. The number of likely N-dealkylation sites (tertiary alicyclic amines) is 1. The average Bonchev–Trinajstić information content (AvgIpc) is 1.60. The molecule has 530 valence electrons. The highest BCUT2D eigenvalue weighted by Gasteiger charge is 2.52. The smallest absolute Gasteiger partial charge is 0.289 e. The first kappa shape index (κ1) is 74.7. The fourth-order valence-corrected chi connectivity index (χ4v) is 13.1. The van der Waals surface area contributed by atoms with Crippen LogP contribution in [-0.4, -0.2) is 232 Å². The number of rotatable bonds is 41. The van der Waals surface area contributed by atoms with E-state index in [1.54, 1.807) is 17.0 Å². The number of imide groups is 1. The van der Waals surface area contributed by atoms with Crippen molar-refractivity contribution in [1.82, 2.24) is 57.0 Å². The van der Waals surface area contributed by atoms with Gasteiger partial charge in [-0.25, -0.2) is 9.97 Å². The van der Waals surface area contributed by atoms with E-state index in [1.807, 2.05) is 33.8 Å². The molecule has 1 aromatic heterocycles. The molecule has 1 aromatic carbocycles. The molecule has 2 aromatic rings. The summed E-state index contributed by atoms with van der Waals surface area (Å²) < 4.78 is 33.4. The molecule has 4 heterocycles. The van der Waals surface area contributed by atoms with Crippen molar-refractivity contribution in [2.75, 3.05) is 111 Å². The van der Waals surface area contributed by atoms with Crippen molar-refractivity contribution in [3.63, 3.8) is 0 Å². The molecule has 0 spiro atoms. The van der Waals surface area contributed by atoms with Gasteiger partial charge in [-0.05, 0) is 86.7 Å². The molecule has 96 heavy (non-hydrogen) atoms. The Hall–Kier alpha value is -7.12. The third-order valence-electron chi connectivity index (χ3n) is 18.4. The summed E-state index contributed by atoms with van der Waals surface area (Å²) in [5, 5.41) is 34.8. The van der Waals surface area contributed by atoms with Crippen LogP contribution in [0.5, 0.6) is 0 Å². The van der Waals surface area contributed by atoms with E-state index in [0.29, 0.717) is 104 Å². The molecular formula is C67H100N12O17. The van der Waals surface area contributed by atoms with Crippen molar-refractivity contribution in [2.24, 2.45) is 23.2 Å². The number of carbonyl (C=O) groups excluding carboxylic acids is 10. The average molecular weight is 1350 g/mol. The third kappa shape index (κ3) is 21.9. The van der Waals surface area contributed by atoms with Crippen molar-refractivity contribution < 1.29 is 81.5 Å². The minimum atomic E-state index is -1.32. The molecule has 0 bridgehead atoms. The van der Waals surface area contributed by atoms with Crippen LogP contribution in [0.3, 0.4) is 0 Å². The Morgan fingerprint density at radius 2 is 1.33 bits per heavy atom. The van der Waals surface area contributed by atoms with Gasteiger partial charge in [-0.1, -0.05) is 65.9 Å². The highest BCUT2D eigenvalue weighted by molar-refractivity contribution is 6.38. The Morgan fingerprint density at radius 1 is 0.708 bits per heavy atom. The molecule has 0 radical (unpaired) electrons. The monoisotopic (exact) mass is 1340 g/mol. The van der Waals surface area contributed by atoms with Crippen LogP contribution >= 0.6 is 0 Å². The van der Waals surface area contributed by atoms with Crippen LogP contribution in [0.4, 0.5) is 5.69 Å². The summed E-state index contributed by atoms with van der Waals surface area (Å²) in [5.41, 5.74) is 1.19. The molecule has 3 aliphatic carbocycles. The zero-order chi connectivity index (χ0) is 68.6. The van der Waals surface area contributed by atoms with E-state index < -0.39 is 77.2 Å². The number of anilines is 1. The van der Waals surface area contributed by atoms with Gasteiger partial charge in [0.15, 0.2) is 0 Å². The van der Waals surface area contributed by atoms with E-state index in [0.717, 1.165) is 62.6 Å². The lowest BCUT2D eigenvalue weighted by Gasteiger charge is -2.40. The van der Waals surface area contributed by atoms with Crippen molar-refractivity contribution in [3.05, 3.63) is 53.1 Å². The second kappa shape index (κ2) is 37.6. The fraction of sp³-hybridized carbons (Fsp3) is 0.701. The van der Waals surface area contributed by atoms with E-state index in [2.05, 4.69) is 52.5 Å². The number of hydrogen-bond acceptors (Lipinski definition) is 21. The SMILES string of the molecule is CCC[C@H](NC(O)[C@@H]1C2CCC[C@H]2CN1C(=O)[C@@H](NC(=O)[C@@H](NC(=O)c1cnc(C(=O)NCCOCCOCCNC(=O)CCOCCOCCOCCOCCNc2cccc3c2CN(C2CCC(=O)NC2=O)C3=O)cn1)C1CCCCC1)C(C)(C)C)C(=O)C(=O)NC1CC1. The second-order valence-electron chi connectivity index (χ2n) is 26.5. The minimum Gasteiger partial charge on any atom is -0.382 e. The molecule has 29 nitrogen and oxygen atoms in total. The maximum absolute atomic E-state index is 14.9. The number of ether oxygens (including phenoxy) is 6. The van der Waals surface area contributed by atoms with Crippen molar-refractivity contribution >= 4 is 64.6 Å². The molecule has 9 N–H and O–H groups in total. The highest BCUT2D eigenvalue weighted by Crippen LogP contribution is 2.44. The Balaban J connectivity index is 0.641. The molecule has 9 amide bonds. The standard InChI is InChI=1S/C67H100N12O17/c1-5-11-49(57(82)64(88)73-44-18-19-44)74-63(87)56-45-15-9-14-43(45)40-79(56)66(90)58(67(2,3)4)77-62(86)55(42-12-7-6-8-13-42)76-60(84)51-39-71-50(38-72-51)59(83)70-25-29-94-32-31-93-28-24-69-53(80)22-26-91-30-34-95-36-37-96-35-33-92-27-23-68-48-17-10-16-46-47(48)41-78(65(46)89)52-20-21-54(81)75-61(52)85/h10,16-17,38-39,42-45,49,52,55-56,58,63,68,74,87H,5-9,11-15,18-37,40-41H2,1-4H3,(H,69,80)(H,70,83)(H,73,88)(H,76,84)(H,77,86)(H,75,81,85)/t43-,45?,49-,52?,55-,56-,58+,63?/m0/s1. The number of Topliss-reactive ketones (excluding diaryl/α,β-unsaturated/α-hetero) is 1. The first-order valence-electron chi connectivity index (χ1n) is 34.4. The molecule has 8 atom stereocenters. The maximum Gasteiger partial charge on any atom is 0.289 e. The van der Waals surface area contributed by atoms with Gasteiger partial charge in [-0.15, -0.1) is 0 Å². The summed E-state index contributed by atoms with van der Waals surface area (Å²) in [7, 11) is 0. The number of benzene rings is 1. The summed E-state index contributed by atoms with van der Waals surface area (Å²) in [6.45, 7) is 12.8. The van der Waals surface area contributed by atoms with E-state index >= 15 is 0 Å². The molecule has 5 fully saturated rings. The predicted molar refractivity (Wildman–Crippen MR) is 347 cm³/mol. The van der Waals surface area contributed by atoms with Crippen LogP contribution in [-0.2, 0) is 68.5 Å². The molecule has 8 rings (SSSR count). The number of carbonyl (C=O) groups is 10. The minimum absolute atomic E-state index is 0.00847. The summed E-state index contributed by atoms with van der Waals surface area (Å²) >= 11 is 0. The van der Waals surface area contributed by atoms with Crippen LogP contribution < -0.4 is 42.5 Å². The predicted octanol–water partition coefficient (Wildman–Crippen LogP) is 1.45. The van der Waals surface area contributed by atoms with Crippen LogP contribution in [0.15, 0.2) is 30.6 Å². The van der Waals surface area contributed by atoms with E-state index in [9.17, 15) is 53.1 Å². The summed E-state index contributed by atoms with van der Waals surface area (Å²) in [5.74, 6) is -4.81. The fourth-order valence-electron chi connectivity index (χ4n) is 13.1. The molecule has 3 saturated carbocycles. The maximum atomic E-state index is 14.9. The molecule has 29 heteroatoms. The Labute approximate surface area is 561 Å².